The number of methoxy groups -OCH3 is 9. The fourth-order valence-electron chi connectivity index (χ4n) is 16.0. The molecule has 0 radical (unpaired) electrons. The van der Waals surface area contributed by atoms with Gasteiger partial charge in [-0.25, -0.2) is 33.5 Å². The number of halogens is 5. The van der Waals surface area contributed by atoms with Crippen molar-refractivity contribution < 1.29 is 88.9 Å². The number of carboxylic acid groups (broad SMARTS) is 1. The Bertz CT molecular complexity index is 7900. The number of alkyl halides is 3. The highest BCUT2D eigenvalue weighted by atomic mass is 19.4. The second-order valence-electron chi connectivity index (χ2n) is 31.5. The first-order chi connectivity index (χ1) is 68.2. The van der Waals surface area contributed by atoms with Gasteiger partial charge in [0.2, 0.25) is 17.2 Å². The van der Waals surface area contributed by atoms with Gasteiger partial charge < -0.3 is 63.7 Å². The zero-order chi connectivity index (χ0) is 99.5. The lowest BCUT2D eigenvalue weighted by Gasteiger charge is -2.15. The summed E-state index contributed by atoms with van der Waals surface area (Å²) in [6.45, 7) is 5.48. The van der Waals surface area contributed by atoms with Crippen LogP contribution < -0.4 is 58.6 Å². The fraction of sp³-hybridized carbons (Fsp3) is 0.121. The van der Waals surface area contributed by atoms with Crippen molar-refractivity contribution >= 4 is 63.3 Å². The predicted molar refractivity (Wildman–Crippen MR) is 524 cm³/mol. The molecule has 0 bridgehead atoms. The van der Waals surface area contributed by atoms with E-state index in [1.165, 1.54) is 111 Å². The number of carbonyl (C=O) groups is 4. The average molecular weight is 1900 g/mol. The number of fused-ring (bicyclic) bond motifs is 4. The van der Waals surface area contributed by atoms with Gasteiger partial charge in [-0.1, -0.05) is 60.2 Å². The lowest BCUT2D eigenvalue weighted by atomic mass is 9.99. The number of carboxylic acids is 1. The number of aromatic carboxylic acids is 1. The Morgan fingerprint density at radius 3 is 0.858 bits per heavy atom. The molecule has 0 unspecified atom stereocenters. The van der Waals surface area contributed by atoms with Gasteiger partial charge in [0.1, 0.15) is 51.3 Å². The first kappa shape index (κ1) is 95.8. The van der Waals surface area contributed by atoms with Crippen LogP contribution in [0.1, 0.15) is 64.2 Å². The van der Waals surface area contributed by atoms with E-state index in [2.05, 4.69) is 74.9 Å². The van der Waals surface area contributed by atoms with E-state index in [4.69, 9.17) is 42.6 Å². The molecule has 710 valence electrons. The van der Waals surface area contributed by atoms with Gasteiger partial charge >= 0.3 is 12.1 Å². The number of aromatic nitrogens is 12. The lowest BCUT2D eigenvalue weighted by Crippen LogP contribution is -2.14. The smallest absolute Gasteiger partial charge is 0.416 e. The topological polar surface area (TPSA) is 328 Å². The first-order valence-corrected chi connectivity index (χ1v) is 43.3. The summed E-state index contributed by atoms with van der Waals surface area (Å²) in [5.41, 5.74) is 18.1. The number of hydrogen-bond acceptors (Lipinski definition) is 21. The number of benzene rings is 7. The van der Waals surface area contributed by atoms with Gasteiger partial charge in [0.05, 0.1) is 117 Å². The van der Waals surface area contributed by atoms with Crippen molar-refractivity contribution in [3.8, 4) is 141 Å². The monoisotopic (exact) mass is 1900 g/mol. The molecule has 0 atom stereocenters. The Morgan fingerprint density at radius 2 is 0.582 bits per heavy atom. The van der Waals surface area contributed by atoms with Crippen LogP contribution in [0.2, 0.25) is 0 Å². The molecule has 4 N–H and O–H groups in total. The Balaban J connectivity index is 0.000000137. The third-order valence-corrected chi connectivity index (χ3v) is 22.8. The number of nitrogens with one attached hydrogen (secondary N) is 3. The number of anilines is 3. The molecule has 29 nitrogen and oxygen atoms in total. The Labute approximate surface area is 803 Å². The number of pyridine rings is 8. The van der Waals surface area contributed by atoms with Crippen LogP contribution in [0.5, 0.6) is 51.7 Å². The van der Waals surface area contributed by atoms with E-state index in [0.29, 0.717) is 148 Å². The lowest BCUT2D eigenvalue weighted by molar-refractivity contribution is -0.137. The van der Waals surface area contributed by atoms with E-state index < -0.39 is 23.6 Å². The van der Waals surface area contributed by atoms with Crippen LogP contribution in [0.3, 0.4) is 0 Å². The largest absolute Gasteiger partial charge is 0.493 e. The van der Waals surface area contributed by atoms with E-state index in [9.17, 15) is 46.2 Å². The van der Waals surface area contributed by atoms with Gasteiger partial charge in [-0.3, -0.25) is 51.9 Å². The van der Waals surface area contributed by atoms with Crippen molar-refractivity contribution in [1.29, 1.82) is 0 Å². The molecule has 0 aliphatic heterocycles. The van der Waals surface area contributed by atoms with Gasteiger partial charge in [0, 0.05) is 170 Å². The van der Waals surface area contributed by atoms with E-state index in [1.54, 1.807) is 161 Å². The van der Waals surface area contributed by atoms with Crippen molar-refractivity contribution in [3.63, 3.8) is 0 Å². The normalized spacial score (nSPS) is 11.0. The Kier molecular flexibility index (Phi) is 28.4. The molecule has 0 spiro atoms. The maximum absolute atomic E-state index is 13.9. The summed E-state index contributed by atoms with van der Waals surface area (Å²) in [5, 5.41) is 17.9. The minimum Gasteiger partial charge on any atom is -0.493 e. The zero-order valence-electron chi connectivity index (χ0n) is 77.7. The number of ether oxygens (including phenoxy) is 9. The molecule has 12 aromatic heterocycles. The highest BCUT2D eigenvalue weighted by Gasteiger charge is 2.32. The summed E-state index contributed by atoms with van der Waals surface area (Å²) in [6.07, 6.45) is 15.2. The van der Waals surface area contributed by atoms with Crippen molar-refractivity contribution in [2.75, 3.05) is 79.9 Å². The highest BCUT2D eigenvalue weighted by Crippen LogP contribution is 2.45. The predicted octanol–water partition coefficient (Wildman–Crippen LogP) is 22.0. The Morgan fingerprint density at radius 1 is 0.305 bits per heavy atom. The standard InChI is InChI=1S/C29H23F3N4O4.C29H25FN4O4.C29H26N4O4.C20H14FN3O2/c1-38-23-13-20(14-24(39-2)27(23)40-3)35-28(37)22-15-34-25-10-9-18(16-36(22)25)21-8-5-11-33-26(21)17-6-4-7-19(12-17)29(30,31)32;1-17-12-18(7-9-22(17)30)27-21(6-5-11-31-27)19-8-10-26-32-15-23(34(26)16-19)29(35)33-20-13-24(36-2)28(38-4)25(14-20)37-3;1-18-7-5-8-19(13-18)27-22(9-6-12-30-27)20-10-11-26-31-16-23(33(26)17-20)29(34)32-21-14-24(35-2)28(37-4)25(15-21)36-3;1-12-9-13(4-6-16(12)21)19-15(3-2-8-22-19)14-5-7-18-23-10-17(20(25)26)24(18)11-14/h4-16H,1-3H3,(H,35,37);5-16H,1-4H3,(H,33,35);5-17H,1-4H3,(H,32,34);2-11H,1H3,(H,25,26). The van der Waals surface area contributed by atoms with Crippen molar-refractivity contribution in [3.05, 3.63) is 349 Å². The molecule has 34 heteroatoms. The van der Waals surface area contributed by atoms with E-state index in [1.807, 2.05) is 91.3 Å². The van der Waals surface area contributed by atoms with Crippen LogP contribution in [0, 0.1) is 32.4 Å². The highest BCUT2D eigenvalue weighted by molar-refractivity contribution is 6.06. The maximum atomic E-state index is 13.9. The molecule has 19 rings (SSSR count). The van der Waals surface area contributed by atoms with Crippen molar-refractivity contribution in [2.24, 2.45) is 0 Å². The molecule has 0 saturated heterocycles. The van der Waals surface area contributed by atoms with Crippen molar-refractivity contribution in [2.45, 2.75) is 26.9 Å². The van der Waals surface area contributed by atoms with Crippen LogP contribution in [-0.2, 0) is 6.18 Å². The second-order valence-corrected chi connectivity index (χ2v) is 31.5. The van der Waals surface area contributed by atoms with Gasteiger partial charge in [-0.15, -0.1) is 0 Å². The molecule has 12 heterocycles. The molecule has 3 amide bonds. The van der Waals surface area contributed by atoms with Crippen LogP contribution >= 0.6 is 0 Å². The van der Waals surface area contributed by atoms with Gasteiger partial charge in [0.15, 0.2) is 40.2 Å². The molecule has 0 aliphatic rings. The number of aryl methyl sites for hydroxylation is 3. The SMILES string of the molecule is COc1cc(NC(=O)c2cnc3ccc(-c4cccnc4-c4ccc(F)c(C)c4)cn23)cc(OC)c1OC.COc1cc(NC(=O)c2cnc3ccc(-c4cccnc4-c4cccc(C(F)(F)F)c4)cn23)cc(OC)c1OC.COc1cc(NC(=O)c2cnc3ccc(-c4cccnc4-c4cccc(C)c4)cn23)cc(OC)c1OC.Cc1cc(-c2ncccc2-c2ccc3ncc(C(=O)O)n3c2)ccc1F. The van der Waals surface area contributed by atoms with Crippen LogP contribution in [0.15, 0.2) is 293 Å². The molecule has 0 saturated carbocycles. The minimum atomic E-state index is -4.49. The van der Waals surface area contributed by atoms with E-state index in [-0.39, 0.29) is 34.8 Å². The summed E-state index contributed by atoms with van der Waals surface area (Å²) in [6, 6.07) is 62.5. The third kappa shape index (κ3) is 20.5. The van der Waals surface area contributed by atoms with Gasteiger partial charge in [-0.2, -0.15) is 13.2 Å². The summed E-state index contributed by atoms with van der Waals surface area (Å²) in [4.78, 5) is 86.6. The summed E-state index contributed by atoms with van der Waals surface area (Å²) in [7, 11) is 13.5. The number of carbonyl (C=O) groups excluding carboxylic acids is 3. The molecular weight excluding hydrogens is 1810 g/mol. The maximum Gasteiger partial charge on any atom is 0.416 e. The number of nitrogens with zero attached hydrogens (tertiary/aromatic N) is 12. The number of hydrogen-bond donors (Lipinski definition) is 4. The van der Waals surface area contributed by atoms with E-state index in [0.717, 1.165) is 73.5 Å². The van der Waals surface area contributed by atoms with Crippen LogP contribution in [-0.4, -0.2) is 150 Å². The Hall–Kier alpha value is -18.4. The van der Waals surface area contributed by atoms with Crippen LogP contribution in [0.25, 0.3) is 112 Å². The first-order valence-electron chi connectivity index (χ1n) is 43.3. The minimum absolute atomic E-state index is 0.0879. The van der Waals surface area contributed by atoms with E-state index >= 15 is 0 Å². The molecule has 19 aromatic rings. The summed E-state index contributed by atoms with van der Waals surface area (Å²) >= 11 is 0. The molecule has 0 fully saturated rings. The molecular formula is C107H88F5N15O14. The van der Waals surface area contributed by atoms with Gasteiger partial charge in [-0.05, 0) is 159 Å². The molecule has 141 heavy (non-hydrogen) atoms. The van der Waals surface area contributed by atoms with Crippen LogP contribution in [0.4, 0.5) is 39.0 Å². The third-order valence-electron chi connectivity index (χ3n) is 22.8. The second kappa shape index (κ2) is 41.9. The number of amides is 3. The zero-order valence-corrected chi connectivity index (χ0v) is 77.7. The molecule has 7 aromatic carbocycles. The van der Waals surface area contributed by atoms with Gasteiger partial charge in [0.25, 0.3) is 17.7 Å². The average Bonchev–Trinajstić information content (AvgIpc) is 1.22. The quantitative estimate of drug-likeness (QED) is 0.0408. The summed E-state index contributed by atoms with van der Waals surface area (Å²) < 4.78 is 123. The summed E-state index contributed by atoms with van der Waals surface area (Å²) in [5.74, 6) is 0.987. The fourth-order valence-corrected chi connectivity index (χ4v) is 16.0. The number of imidazole rings is 4. The van der Waals surface area contributed by atoms with Crippen molar-refractivity contribution in [1.82, 2.24) is 57.5 Å². The molecule has 0 aliphatic carbocycles. The number of rotatable bonds is 24.